The Morgan fingerprint density at radius 2 is 2.06 bits per heavy atom. The predicted octanol–water partition coefficient (Wildman–Crippen LogP) is 1.25. The molecule has 0 spiro atoms. The van der Waals surface area contributed by atoms with Crippen LogP contribution in [0.5, 0.6) is 0 Å². The van der Waals surface area contributed by atoms with Crippen LogP contribution in [0.2, 0.25) is 0 Å². The van der Waals surface area contributed by atoms with E-state index in [1.165, 1.54) is 25.7 Å². The average molecular weight is 253 g/mol. The molecule has 3 N–H and O–H groups in total. The van der Waals surface area contributed by atoms with Crippen molar-refractivity contribution < 1.29 is 4.79 Å². The van der Waals surface area contributed by atoms with E-state index in [9.17, 15) is 4.79 Å². The van der Waals surface area contributed by atoms with E-state index >= 15 is 0 Å². The van der Waals surface area contributed by atoms with E-state index in [1.54, 1.807) is 0 Å². The fourth-order valence-corrected chi connectivity index (χ4v) is 3.18. The van der Waals surface area contributed by atoms with Crippen LogP contribution in [0.1, 0.15) is 51.9 Å². The maximum Gasteiger partial charge on any atom is 0.221 e. The van der Waals surface area contributed by atoms with Gasteiger partial charge in [-0.15, -0.1) is 0 Å². The number of hydrogen-bond donors (Lipinski definition) is 2. The third kappa shape index (κ3) is 3.23. The minimum absolute atomic E-state index is 0.175. The molecule has 0 heterocycles. The summed E-state index contributed by atoms with van der Waals surface area (Å²) >= 11 is 0. The molecule has 0 bridgehead atoms. The van der Waals surface area contributed by atoms with Gasteiger partial charge in [-0.3, -0.25) is 9.69 Å². The quantitative estimate of drug-likeness (QED) is 0.718. The van der Waals surface area contributed by atoms with Crippen LogP contribution in [0.4, 0.5) is 0 Å². The van der Waals surface area contributed by atoms with Crippen molar-refractivity contribution >= 4 is 5.91 Å². The van der Waals surface area contributed by atoms with E-state index in [2.05, 4.69) is 17.1 Å². The molecule has 0 aromatic rings. The van der Waals surface area contributed by atoms with E-state index in [1.807, 2.05) is 0 Å². The summed E-state index contributed by atoms with van der Waals surface area (Å²) in [5, 5.41) is 3.06. The molecule has 18 heavy (non-hydrogen) atoms. The van der Waals surface area contributed by atoms with Crippen LogP contribution in [0.15, 0.2) is 0 Å². The van der Waals surface area contributed by atoms with Gasteiger partial charge in [0, 0.05) is 31.1 Å². The lowest BCUT2D eigenvalue weighted by Crippen LogP contribution is -2.52. The third-order valence-corrected chi connectivity index (χ3v) is 4.52. The zero-order valence-electron chi connectivity index (χ0n) is 11.6. The molecule has 4 nitrogen and oxygen atoms in total. The first kappa shape index (κ1) is 13.8. The van der Waals surface area contributed by atoms with Crippen LogP contribution in [-0.4, -0.2) is 42.0 Å². The number of carbonyl (C=O) groups excluding carboxylic acids is 1. The van der Waals surface area contributed by atoms with Gasteiger partial charge in [-0.25, -0.2) is 0 Å². The summed E-state index contributed by atoms with van der Waals surface area (Å²) in [4.78, 5) is 14.2. The maximum atomic E-state index is 11.8. The van der Waals surface area contributed by atoms with Crippen molar-refractivity contribution in [1.82, 2.24) is 10.2 Å². The summed E-state index contributed by atoms with van der Waals surface area (Å²) in [5.41, 5.74) is 6.18. The Kier molecular flexibility index (Phi) is 4.62. The van der Waals surface area contributed by atoms with Crippen LogP contribution < -0.4 is 11.1 Å². The molecule has 0 aliphatic heterocycles. The highest BCUT2D eigenvalue weighted by Crippen LogP contribution is 2.34. The highest BCUT2D eigenvalue weighted by atomic mass is 16.1. The number of rotatable bonds is 7. The molecule has 0 aromatic heterocycles. The molecule has 104 valence electrons. The summed E-state index contributed by atoms with van der Waals surface area (Å²) in [7, 11) is 0. The van der Waals surface area contributed by atoms with E-state index in [0.29, 0.717) is 12.5 Å². The Hall–Kier alpha value is -0.610. The largest absolute Gasteiger partial charge is 0.353 e. The molecule has 0 saturated heterocycles. The van der Waals surface area contributed by atoms with Crippen molar-refractivity contribution in [3.63, 3.8) is 0 Å². The van der Waals surface area contributed by atoms with Crippen molar-refractivity contribution in [3.8, 4) is 0 Å². The monoisotopic (exact) mass is 253 g/mol. The molecular formula is C14H27N3O. The van der Waals surface area contributed by atoms with Gasteiger partial charge in [0.25, 0.3) is 0 Å². The lowest BCUT2D eigenvalue weighted by Gasteiger charge is -2.40. The van der Waals surface area contributed by atoms with Crippen molar-refractivity contribution in [3.05, 3.63) is 0 Å². The first-order valence-corrected chi connectivity index (χ1v) is 7.44. The van der Waals surface area contributed by atoms with Crippen LogP contribution in [-0.2, 0) is 4.79 Å². The lowest BCUT2D eigenvalue weighted by molar-refractivity contribution is -0.121. The summed E-state index contributed by atoms with van der Waals surface area (Å²) in [6.45, 7) is 4.75. The highest BCUT2D eigenvalue weighted by Gasteiger charge is 2.37. The third-order valence-electron chi connectivity index (χ3n) is 4.52. The first-order chi connectivity index (χ1) is 8.70. The van der Waals surface area contributed by atoms with Crippen LogP contribution in [0, 0.1) is 0 Å². The molecule has 2 aliphatic carbocycles. The smallest absolute Gasteiger partial charge is 0.221 e. The van der Waals surface area contributed by atoms with Gasteiger partial charge in [0.1, 0.15) is 0 Å². The summed E-state index contributed by atoms with van der Waals surface area (Å²) in [6.07, 6.45) is 7.89. The van der Waals surface area contributed by atoms with Gasteiger partial charge in [-0.2, -0.15) is 0 Å². The molecular weight excluding hydrogens is 226 g/mol. The van der Waals surface area contributed by atoms with Gasteiger partial charge in [0.05, 0.1) is 0 Å². The van der Waals surface area contributed by atoms with E-state index in [-0.39, 0.29) is 11.4 Å². The maximum absolute atomic E-state index is 11.8. The molecule has 0 atom stereocenters. The first-order valence-electron chi connectivity index (χ1n) is 7.44. The van der Waals surface area contributed by atoms with Crippen molar-refractivity contribution in [2.24, 2.45) is 5.73 Å². The molecule has 0 aromatic carbocycles. The number of nitrogens with zero attached hydrogens (tertiary/aromatic N) is 1. The van der Waals surface area contributed by atoms with Gasteiger partial charge in [-0.05, 0) is 32.2 Å². The highest BCUT2D eigenvalue weighted by molar-refractivity contribution is 5.76. The van der Waals surface area contributed by atoms with Crippen LogP contribution in [0.3, 0.4) is 0 Å². The number of nitrogens with one attached hydrogen (secondary N) is 1. The standard InChI is InChI=1S/C14H27N3O/c1-2-17(14(11-15)8-3-4-9-14)10-7-13(18)16-12-5-6-12/h12H,2-11,15H2,1H3,(H,16,18). The molecule has 2 fully saturated rings. The van der Waals surface area contributed by atoms with Gasteiger partial charge in [0.15, 0.2) is 0 Å². The average Bonchev–Trinajstić information content (AvgIpc) is 3.05. The lowest BCUT2D eigenvalue weighted by atomic mass is 9.95. The Bertz CT molecular complexity index is 283. The van der Waals surface area contributed by atoms with Gasteiger partial charge >= 0.3 is 0 Å². The molecule has 4 heteroatoms. The van der Waals surface area contributed by atoms with Gasteiger partial charge < -0.3 is 11.1 Å². The molecule has 1 amide bonds. The van der Waals surface area contributed by atoms with Crippen LogP contribution in [0.25, 0.3) is 0 Å². The fraction of sp³-hybridized carbons (Fsp3) is 0.929. The summed E-state index contributed by atoms with van der Waals surface area (Å²) in [6, 6.07) is 0.475. The second-order valence-electron chi connectivity index (χ2n) is 5.81. The molecule has 0 radical (unpaired) electrons. The molecule has 2 rings (SSSR count). The van der Waals surface area contributed by atoms with Crippen molar-refractivity contribution in [2.45, 2.75) is 63.5 Å². The fourth-order valence-electron chi connectivity index (χ4n) is 3.18. The topological polar surface area (TPSA) is 58.4 Å². The number of amides is 1. The van der Waals surface area contributed by atoms with E-state index in [0.717, 1.165) is 32.5 Å². The zero-order valence-corrected chi connectivity index (χ0v) is 11.6. The van der Waals surface area contributed by atoms with E-state index in [4.69, 9.17) is 5.73 Å². The molecule has 0 unspecified atom stereocenters. The second-order valence-corrected chi connectivity index (χ2v) is 5.81. The number of nitrogens with two attached hydrogens (primary N) is 1. The minimum Gasteiger partial charge on any atom is -0.353 e. The molecule has 2 saturated carbocycles. The Balaban J connectivity index is 1.81. The van der Waals surface area contributed by atoms with Crippen LogP contribution >= 0.6 is 0 Å². The normalized spacial score (nSPS) is 22.4. The Labute approximate surface area is 110 Å². The number of hydrogen-bond acceptors (Lipinski definition) is 3. The molecule has 2 aliphatic rings. The van der Waals surface area contributed by atoms with Gasteiger partial charge in [0.2, 0.25) is 5.91 Å². The number of carbonyl (C=O) groups is 1. The van der Waals surface area contributed by atoms with E-state index < -0.39 is 0 Å². The minimum atomic E-state index is 0.175. The zero-order chi connectivity index (χ0) is 13.0. The van der Waals surface area contributed by atoms with Gasteiger partial charge in [-0.1, -0.05) is 19.8 Å². The summed E-state index contributed by atoms with van der Waals surface area (Å²) in [5.74, 6) is 0.209. The number of likely N-dealkylation sites (N-methyl/N-ethyl adjacent to an activating group) is 1. The second kappa shape index (κ2) is 6.02. The predicted molar refractivity (Wildman–Crippen MR) is 73.3 cm³/mol. The van der Waals surface area contributed by atoms with Crippen molar-refractivity contribution in [2.75, 3.05) is 19.6 Å². The summed E-state index contributed by atoms with van der Waals surface area (Å²) < 4.78 is 0. The van der Waals surface area contributed by atoms with Crippen molar-refractivity contribution in [1.29, 1.82) is 0 Å². The Morgan fingerprint density at radius 1 is 1.39 bits per heavy atom. The SMILES string of the molecule is CCN(CCC(=O)NC1CC1)C1(CN)CCCC1. The Morgan fingerprint density at radius 3 is 2.56 bits per heavy atom.